The number of carbonyl (C=O) groups excluding carboxylic acids is 1. The second-order valence-electron chi connectivity index (χ2n) is 5.91. The van der Waals surface area contributed by atoms with E-state index in [-0.39, 0.29) is 12.1 Å². The third-order valence-corrected chi connectivity index (χ3v) is 2.80. The first-order valence-corrected chi connectivity index (χ1v) is 6.91. The third kappa shape index (κ3) is 5.65. The Bertz CT molecular complexity index is 560. The van der Waals surface area contributed by atoms with Crippen LogP contribution in [0.25, 0.3) is 0 Å². The van der Waals surface area contributed by atoms with Crippen LogP contribution < -0.4 is 10.1 Å². The van der Waals surface area contributed by atoms with Gasteiger partial charge in [0, 0.05) is 6.54 Å². The number of ether oxygens (including phenoxy) is 2. The molecule has 1 aromatic carbocycles. The first-order valence-electron chi connectivity index (χ1n) is 6.91. The maximum atomic E-state index is 13.4. The number of rotatable bonds is 5. The zero-order valence-electron chi connectivity index (χ0n) is 13.4. The highest BCUT2D eigenvalue weighted by Gasteiger charge is 2.24. The monoisotopic (exact) mass is 333 g/mol. The summed E-state index contributed by atoms with van der Waals surface area (Å²) in [4.78, 5) is 11.5. The van der Waals surface area contributed by atoms with Gasteiger partial charge in [0.25, 0.3) is 0 Å². The smallest absolute Gasteiger partial charge is 0.407 e. The van der Waals surface area contributed by atoms with E-state index in [4.69, 9.17) is 4.74 Å². The maximum absolute atomic E-state index is 13.4. The van der Waals surface area contributed by atoms with E-state index in [0.29, 0.717) is 0 Å². The standard InChI is InChI=1S/C15H21F2NO5/c1-15(2,3)23-14(21)18-7-10(19)13(20)8-5-9(16)12(17)11(6-8)22-4/h5-6,10,13,19-20H,7H2,1-4H3,(H,18,21). The lowest BCUT2D eigenvalue weighted by molar-refractivity contribution is 0.0126. The van der Waals surface area contributed by atoms with Crippen molar-refractivity contribution in [1.29, 1.82) is 0 Å². The van der Waals surface area contributed by atoms with E-state index in [0.717, 1.165) is 19.2 Å². The molecule has 0 radical (unpaired) electrons. The van der Waals surface area contributed by atoms with Gasteiger partial charge in [-0.25, -0.2) is 9.18 Å². The number of nitrogens with one attached hydrogen (secondary N) is 1. The number of halogens is 2. The molecule has 1 rings (SSSR count). The average molecular weight is 333 g/mol. The van der Waals surface area contributed by atoms with Crippen molar-refractivity contribution in [3.63, 3.8) is 0 Å². The lowest BCUT2D eigenvalue weighted by Gasteiger charge is -2.22. The second kappa shape index (κ2) is 7.56. The van der Waals surface area contributed by atoms with Crippen molar-refractivity contribution in [3.8, 4) is 5.75 Å². The van der Waals surface area contributed by atoms with Crippen LogP contribution in [-0.2, 0) is 4.74 Å². The van der Waals surface area contributed by atoms with Gasteiger partial charge in [0.05, 0.1) is 7.11 Å². The van der Waals surface area contributed by atoms with Crippen LogP contribution in [0.15, 0.2) is 12.1 Å². The molecule has 6 nitrogen and oxygen atoms in total. The molecule has 8 heteroatoms. The van der Waals surface area contributed by atoms with Crippen LogP contribution in [0.5, 0.6) is 5.75 Å². The Labute approximate surface area is 133 Å². The first kappa shape index (κ1) is 19.1. The van der Waals surface area contributed by atoms with Crippen LogP contribution in [-0.4, -0.2) is 41.7 Å². The van der Waals surface area contributed by atoms with Crippen molar-refractivity contribution in [3.05, 3.63) is 29.3 Å². The van der Waals surface area contributed by atoms with Gasteiger partial charge in [0.2, 0.25) is 5.82 Å². The van der Waals surface area contributed by atoms with Crippen molar-refractivity contribution < 1.29 is 33.3 Å². The van der Waals surface area contributed by atoms with Crippen molar-refractivity contribution in [1.82, 2.24) is 5.32 Å². The number of methoxy groups -OCH3 is 1. The number of amides is 1. The van der Waals surface area contributed by atoms with E-state index < -0.39 is 41.3 Å². The number of carbonyl (C=O) groups is 1. The highest BCUT2D eigenvalue weighted by atomic mass is 19.2. The Kier molecular flexibility index (Phi) is 6.28. The zero-order chi connectivity index (χ0) is 17.8. The van der Waals surface area contributed by atoms with Crippen LogP contribution in [0, 0.1) is 11.6 Å². The molecule has 3 N–H and O–H groups in total. The zero-order valence-corrected chi connectivity index (χ0v) is 13.4. The van der Waals surface area contributed by atoms with Crippen molar-refractivity contribution in [2.45, 2.75) is 38.6 Å². The molecule has 0 bridgehead atoms. The Morgan fingerprint density at radius 2 is 1.91 bits per heavy atom. The van der Waals surface area contributed by atoms with Crippen LogP contribution in [0.2, 0.25) is 0 Å². The second-order valence-corrected chi connectivity index (χ2v) is 5.91. The summed E-state index contributed by atoms with van der Waals surface area (Å²) in [5, 5.41) is 22.1. The summed E-state index contributed by atoms with van der Waals surface area (Å²) < 4.78 is 36.4. The fraction of sp³-hybridized carbons (Fsp3) is 0.533. The summed E-state index contributed by atoms with van der Waals surface area (Å²) in [6.07, 6.45) is -3.77. The summed E-state index contributed by atoms with van der Waals surface area (Å²) in [5.74, 6) is -2.80. The quantitative estimate of drug-likeness (QED) is 0.766. The van der Waals surface area contributed by atoms with E-state index in [1.54, 1.807) is 20.8 Å². The minimum atomic E-state index is -1.55. The number of alkyl carbamates (subject to hydrolysis) is 1. The lowest BCUT2D eigenvalue weighted by Crippen LogP contribution is -2.38. The molecule has 23 heavy (non-hydrogen) atoms. The summed E-state index contributed by atoms with van der Waals surface area (Å²) in [6, 6.07) is 1.82. The Morgan fingerprint density at radius 3 is 2.43 bits per heavy atom. The molecule has 0 saturated carbocycles. The topological polar surface area (TPSA) is 88.0 Å². The highest BCUT2D eigenvalue weighted by Crippen LogP contribution is 2.26. The van der Waals surface area contributed by atoms with Gasteiger partial charge in [-0.15, -0.1) is 0 Å². The van der Waals surface area contributed by atoms with Gasteiger partial charge in [0.1, 0.15) is 17.8 Å². The third-order valence-electron chi connectivity index (χ3n) is 2.80. The maximum Gasteiger partial charge on any atom is 0.407 e. The van der Waals surface area contributed by atoms with E-state index in [2.05, 4.69) is 10.1 Å². The predicted octanol–water partition coefficient (Wildman–Crippen LogP) is 1.89. The SMILES string of the molecule is COc1cc(C(O)C(O)CNC(=O)OC(C)(C)C)cc(F)c1F. The highest BCUT2D eigenvalue weighted by molar-refractivity contribution is 5.67. The number of aliphatic hydroxyl groups excluding tert-OH is 2. The van der Waals surface area contributed by atoms with E-state index in [1.807, 2.05) is 0 Å². The molecule has 0 aliphatic carbocycles. The van der Waals surface area contributed by atoms with Crippen molar-refractivity contribution in [2.75, 3.05) is 13.7 Å². The molecule has 0 saturated heterocycles. The Hall–Kier alpha value is -1.93. The molecule has 0 spiro atoms. The number of hydrogen-bond acceptors (Lipinski definition) is 5. The van der Waals surface area contributed by atoms with E-state index in [9.17, 15) is 23.8 Å². The Morgan fingerprint density at radius 1 is 1.30 bits per heavy atom. The molecule has 0 fully saturated rings. The van der Waals surface area contributed by atoms with Gasteiger partial charge in [-0.3, -0.25) is 0 Å². The van der Waals surface area contributed by atoms with E-state index >= 15 is 0 Å². The average Bonchev–Trinajstić information content (AvgIpc) is 2.44. The predicted molar refractivity (Wildman–Crippen MR) is 78.1 cm³/mol. The molecule has 2 unspecified atom stereocenters. The van der Waals surface area contributed by atoms with Crippen molar-refractivity contribution in [2.24, 2.45) is 0 Å². The molecule has 0 heterocycles. The van der Waals surface area contributed by atoms with Gasteiger partial charge in [0.15, 0.2) is 11.6 Å². The van der Waals surface area contributed by atoms with Gasteiger partial charge in [-0.2, -0.15) is 4.39 Å². The molecule has 1 aromatic rings. The summed E-state index contributed by atoms with van der Waals surface area (Å²) >= 11 is 0. The van der Waals surface area contributed by atoms with Gasteiger partial charge in [-0.1, -0.05) is 0 Å². The van der Waals surface area contributed by atoms with Gasteiger partial charge < -0.3 is 25.0 Å². The molecule has 0 aromatic heterocycles. The van der Waals surface area contributed by atoms with Crippen LogP contribution in [0.3, 0.4) is 0 Å². The summed E-state index contributed by atoms with van der Waals surface area (Å²) in [5.41, 5.74) is -0.791. The molecule has 1 amide bonds. The van der Waals surface area contributed by atoms with E-state index in [1.165, 1.54) is 0 Å². The Balaban J connectivity index is 2.72. The fourth-order valence-corrected chi connectivity index (χ4v) is 1.74. The molecular formula is C15H21F2NO5. The number of benzene rings is 1. The van der Waals surface area contributed by atoms with Crippen molar-refractivity contribution >= 4 is 6.09 Å². The molecule has 2 atom stereocenters. The minimum absolute atomic E-state index is 0.0840. The molecular weight excluding hydrogens is 312 g/mol. The first-order chi connectivity index (χ1) is 10.5. The molecule has 0 aliphatic heterocycles. The van der Waals surface area contributed by atoms with Crippen LogP contribution in [0.4, 0.5) is 13.6 Å². The van der Waals surface area contributed by atoms with Crippen LogP contribution in [0.1, 0.15) is 32.4 Å². The normalized spacial score (nSPS) is 14.1. The number of aliphatic hydroxyl groups is 2. The van der Waals surface area contributed by atoms with Crippen LogP contribution >= 0.6 is 0 Å². The molecule has 0 aliphatic rings. The molecule has 130 valence electrons. The largest absolute Gasteiger partial charge is 0.494 e. The summed E-state index contributed by atoms with van der Waals surface area (Å²) in [6.45, 7) is 4.68. The van der Waals surface area contributed by atoms with Gasteiger partial charge in [-0.05, 0) is 38.5 Å². The lowest BCUT2D eigenvalue weighted by atomic mass is 10.0. The summed E-state index contributed by atoms with van der Waals surface area (Å²) in [7, 11) is 1.15. The van der Waals surface area contributed by atoms with Gasteiger partial charge >= 0.3 is 6.09 Å². The fourth-order valence-electron chi connectivity index (χ4n) is 1.74. The minimum Gasteiger partial charge on any atom is -0.494 e. The number of hydrogen-bond donors (Lipinski definition) is 3.